The van der Waals surface area contributed by atoms with Gasteiger partial charge in [-0.1, -0.05) is 13.3 Å². The van der Waals surface area contributed by atoms with E-state index in [0.29, 0.717) is 0 Å². The molecular formula is C14H27NO3. The van der Waals surface area contributed by atoms with Gasteiger partial charge in [0.25, 0.3) is 0 Å². The molecule has 0 aliphatic heterocycles. The molecule has 0 fully saturated rings. The zero-order chi connectivity index (χ0) is 14.2. The quantitative estimate of drug-likeness (QED) is 0.712. The number of ether oxygens (including phenoxy) is 1. The first kappa shape index (κ1) is 16.9. The Labute approximate surface area is 110 Å². The van der Waals surface area contributed by atoms with Crippen LogP contribution in [0.3, 0.4) is 0 Å². The maximum absolute atomic E-state index is 11.5. The van der Waals surface area contributed by atoms with Crippen LogP contribution < -0.4 is 5.32 Å². The number of amides is 1. The summed E-state index contributed by atoms with van der Waals surface area (Å²) in [4.78, 5) is 22.1. The molecule has 18 heavy (non-hydrogen) atoms. The van der Waals surface area contributed by atoms with Crippen LogP contribution >= 0.6 is 0 Å². The molecule has 0 saturated carbocycles. The van der Waals surface area contributed by atoms with Crippen molar-refractivity contribution in [3.05, 3.63) is 0 Å². The summed E-state index contributed by atoms with van der Waals surface area (Å²) in [6.45, 7) is 9.49. The highest BCUT2D eigenvalue weighted by molar-refractivity contribution is 5.67. The molecule has 106 valence electrons. The van der Waals surface area contributed by atoms with E-state index in [1.165, 1.54) is 0 Å². The summed E-state index contributed by atoms with van der Waals surface area (Å²) in [6, 6.07) is 0.0732. The van der Waals surface area contributed by atoms with E-state index in [1.54, 1.807) is 0 Å². The third-order valence-electron chi connectivity index (χ3n) is 2.69. The number of carbonyl (C=O) groups excluding carboxylic acids is 2. The maximum atomic E-state index is 11.5. The Bertz CT molecular complexity index is 258. The summed E-state index contributed by atoms with van der Waals surface area (Å²) >= 11 is 0. The second-order valence-electron chi connectivity index (χ2n) is 5.78. The third-order valence-corrected chi connectivity index (χ3v) is 2.69. The normalized spacial score (nSPS) is 14.7. The van der Waals surface area contributed by atoms with Crippen LogP contribution in [0.2, 0.25) is 0 Å². The largest absolute Gasteiger partial charge is 0.444 e. The monoisotopic (exact) mass is 257 g/mol. The minimum Gasteiger partial charge on any atom is -0.444 e. The molecule has 1 amide bonds. The first-order chi connectivity index (χ1) is 8.28. The van der Waals surface area contributed by atoms with Crippen molar-refractivity contribution in [2.75, 3.05) is 0 Å². The predicted octanol–water partition coefficient (Wildman–Crippen LogP) is 3.30. The Hall–Kier alpha value is -1.06. The number of carbonyl (C=O) groups is 2. The molecule has 0 aromatic heterocycles. The van der Waals surface area contributed by atoms with E-state index in [1.807, 2.05) is 34.6 Å². The number of hydrogen-bond donors (Lipinski definition) is 1. The van der Waals surface area contributed by atoms with Crippen molar-refractivity contribution < 1.29 is 14.3 Å². The number of aldehydes is 1. The zero-order valence-electron chi connectivity index (χ0n) is 12.3. The van der Waals surface area contributed by atoms with Gasteiger partial charge in [-0.2, -0.15) is 0 Å². The molecule has 1 N–H and O–H groups in total. The van der Waals surface area contributed by atoms with Gasteiger partial charge in [0.05, 0.1) is 0 Å². The molecule has 0 bridgehead atoms. The fraction of sp³-hybridized carbons (Fsp3) is 0.857. The van der Waals surface area contributed by atoms with Crippen molar-refractivity contribution in [3.63, 3.8) is 0 Å². The van der Waals surface area contributed by atoms with Crippen molar-refractivity contribution in [1.82, 2.24) is 5.32 Å². The van der Waals surface area contributed by atoms with E-state index in [-0.39, 0.29) is 18.1 Å². The van der Waals surface area contributed by atoms with Crippen LogP contribution in [0, 0.1) is 5.92 Å². The minimum absolute atomic E-state index is 0.0732. The lowest BCUT2D eigenvalue weighted by atomic mass is 9.99. The lowest BCUT2D eigenvalue weighted by Crippen LogP contribution is -2.37. The van der Waals surface area contributed by atoms with Gasteiger partial charge in [0.15, 0.2) is 0 Å². The lowest BCUT2D eigenvalue weighted by molar-refractivity contribution is -0.111. The Morgan fingerprint density at radius 2 is 1.94 bits per heavy atom. The van der Waals surface area contributed by atoms with E-state index in [4.69, 9.17) is 4.74 Å². The summed E-state index contributed by atoms with van der Waals surface area (Å²) in [5.41, 5.74) is -0.464. The Balaban J connectivity index is 3.80. The van der Waals surface area contributed by atoms with E-state index in [2.05, 4.69) is 5.32 Å². The molecule has 4 heteroatoms. The van der Waals surface area contributed by atoms with Gasteiger partial charge < -0.3 is 14.8 Å². The first-order valence-corrected chi connectivity index (χ1v) is 6.73. The average Bonchev–Trinajstić information content (AvgIpc) is 2.21. The fourth-order valence-corrected chi connectivity index (χ4v) is 1.64. The second-order valence-corrected chi connectivity index (χ2v) is 5.78. The van der Waals surface area contributed by atoms with Crippen molar-refractivity contribution in [3.8, 4) is 0 Å². The molecule has 2 unspecified atom stereocenters. The Kier molecular flexibility index (Phi) is 7.64. The predicted molar refractivity (Wildman–Crippen MR) is 72.5 cm³/mol. The molecule has 0 rings (SSSR count). The van der Waals surface area contributed by atoms with Crippen LogP contribution in [0.15, 0.2) is 0 Å². The summed E-state index contributed by atoms with van der Waals surface area (Å²) in [6.07, 6.45) is 4.22. The molecule has 0 aliphatic carbocycles. The van der Waals surface area contributed by atoms with Crippen LogP contribution in [-0.2, 0) is 9.53 Å². The number of hydrogen-bond acceptors (Lipinski definition) is 3. The highest BCUT2D eigenvalue weighted by Crippen LogP contribution is 2.12. The van der Waals surface area contributed by atoms with Gasteiger partial charge in [-0.25, -0.2) is 4.79 Å². The van der Waals surface area contributed by atoms with Gasteiger partial charge in [-0.05, 0) is 47.0 Å². The topological polar surface area (TPSA) is 55.4 Å². The van der Waals surface area contributed by atoms with Crippen molar-refractivity contribution in [2.24, 2.45) is 5.92 Å². The van der Waals surface area contributed by atoms with E-state index in [9.17, 15) is 9.59 Å². The average molecular weight is 257 g/mol. The standard InChI is InChI=1S/C14H27NO3/c1-6-12(10-16)9-7-8-11(2)15-13(17)18-14(3,4)5/h10-12H,6-9H2,1-5H3,(H,15,17). The molecule has 4 nitrogen and oxygen atoms in total. The van der Waals surface area contributed by atoms with Crippen molar-refractivity contribution in [2.45, 2.75) is 71.9 Å². The molecule has 0 aromatic rings. The maximum Gasteiger partial charge on any atom is 0.407 e. The van der Waals surface area contributed by atoms with Crippen LogP contribution in [0.4, 0.5) is 4.79 Å². The highest BCUT2D eigenvalue weighted by atomic mass is 16.6. The van der Waals surface area contributed by atoms with Gasteiger partial charge in [-0.3, -0.25) is 0 Å². The lowest BCUT2D eigenvalue weighted by Gasteiger charge is -2.22. The molecule has 0 spiro atoms. The van der Waals surface area contributed by atoms with E-state index >= 15 is 0 Å². The fourth-order valence-electron chi connectivity index (χ4n) is 1.64. The third kappa shape index (κ3) is 9.02. The molecule has 0 saturated heterocycles. The summed E-state index contributed by atoms with van der Waals surface area (Å²) in [7, 11) is 0. The molecule has 0 heterocycles. The number of alkyl carbamates (subject to hydrolysis) is 1. The summed E-state index contributed by atoms with van der Waals surface area (Å²) < 4.78 is 5.17. The van der Waals surface area contributed by atoms with Gasteiger partial charge in [0.2, 0.25) is 0 Å². The van der Waals surface area contributed by atoms with Crippen LogP contribution in [0.25, 0.3) is 0 Å². The second kappa shape index (κ2) is 8.11. The van der Waals surface area contributed by atoms with E-state index < -0.39 is 5.60 Å². The Morgan fingerprint density at radius 1 is 1.33 bits per heavy atom. The zero-order valence-corrected chi connectivity index (χ0v) is 12.3. The number of rotatable bonds is 7. The Morgan fingerprint density at radius 3 is 2.39 bits per heavy atom. The van der Waals surface area contributed by atoms with Gasteiger partial charge in [0.1, 0.15) is 11.9 Å². The summed E-state index contributed by atoms with van der Waals surface area (Å²) in [5.74, 6) is 0.152. The SMILES string of the molecule is CCC(C=O)CCCC(C)NC(=O)OC(C)(C)C. The van der Waals surface area contributed by atoms with Crippen molar-refractivity contribution >= 4 is 12.4 Å². The first-order valence-electron chi connectivity index (χ1n) is 6.73. The van der Waals surface area contributed by atoms with Gasteiger partial charge in [-0.15, -0.1) is 0 Å². The van der Waals surface area contributed by atoms with E-state index in [0.717, 1.165) is 32.0 Å². The minimum atomic E-state index is -0.464. The van der Waals surface area contributed by atoms with Crippen LogP contribution in [0.5, 0.6) is 0 Å². The van der Waals surface area contributed by atoms with Crippen LogP contribution in [0.1, 0.15) is 60.3 Å². The van der Waals surface area contributed by atoms with Gasteiger partial charge in [0, 0.05) is 12.0 Å². The molecule has 2 atom stereocenters. The molecular weight excluding hydrogens is 230 g/mol. The summed E-state index contributed by atoms with van der Waals surface area (Å²) in [5, 5.41) is 2.80. The number of nitrogens with one attached hydrogen (secondary N) is 1. The van der Waals surface area contributed by atoms with Crippen LogP contribution in [-0.4, -0.2) is 24.0 Å². The van der Waals surface area contributed by atoms with Crippen molar-refractivity contribution in [1.29, 1.82) is 0 Å². The molecule has 0 radical (unpaired) electrons. The smallest absolute Gasteiger partial charge is 0.407 e. The highest BCUT2D eigenvalue weighted by Gasteiger charge is 2.17. The van der Waals surface area contributed by atoms with Gasteiger partial charge >= 0.3 is 6.09 Å². The molecule has 0 aromatic carbocycles. The molecule has 0 aliphatic rings.